The topological polar surface area (TPSA) is 32.3 Å². The van der Waals surface area contributed by atoms with Crippen molar-refractivity contribution in [1.82, 2.24) is 5.32 Å². The van der Waals surface area contributed by atoms with Crippen molar-refractivity contribution in [2.45, 2.75) is 32.2 Å². The average molecular weight is 345 g/mol. The fraction of sp³-hybridized carbons (Fsp3) is 0.350. The molecule has 24 heavy (non-hydrogen) atoms. The lowest BCUT2D eigenvalue weighted by atomic mass is 9.94. The summed E-state index contributed by atoms with van der Waals surface area (Å²) in [5, 5.41) is 3.77. The molecule has 128 valence electrons. The van der Waals surface area contributed by atoms with Crippen molar-refractivity contribution in [3.8, 4) is 0 Å². The molecule has 1 amide bonds. The summed E-state index contributed by atoms with van der Waals surface area (Å²) in [6, 6.07) is 15.9. The molecule has 0 aliphatic rings. The minimum absolute atomic E-state index is 0.0386. The van der Waals surface area contributed by atoms with Crippen molar-refractivity contribution in [2.24, 2.45) is 0 Å². The summed E-state index contributed by atoms with van der Waals surface area (Å²) in [5.41, 5.74) is 2.87. The molecule has 2 aromatic rings. The van der Waals surface area contributed by atoms with Gasteiger partial charge in [-0.15, -0.1) is 0 Å². The molecule has 0 fully saturated rings. The van der Waals surface area contributed by atoms with E-state index in [1.165, 1.54) is 0 Å². The number of carbonyl (C=O) groups excluding carboxylic acids is 1. The highest BCUT2D eigenvalue weighted by molar-refractivity contribution is 6.30. The predicted octanol–water partition coefficient (Wildman–Crippen LogP) is 4.39. The van der Waals surface area contributed by atoms with Gasteiger partial charge in [0.25, 0.3) is 0 Å². The van der Waals surface area contributed by atoms with E-state index in [0.717, 1.165) is 23.2 Å². The maximum absolute atomic E-state index is 12.3. The summed E-state index contributed by atoms with van der Waals surface area (Å²) in [6.07, 6.45) is 1.19. The fourth-order valence-corrected chi connectivity index (χ4v) is 2.77. The summed E-state index contributed by atoms with van der Waals surface area (Å²) >= 11 is 6.05. The Kier molecular flexibility index (Phi) is 5.89. The van der Waals surface area contributed by atoms with Crippen molar-refractivity contribution in [3.63, 3.8) is 0 Å². The van der Waals surface area contributed by atoms with E-state index >= 15 is 0 Å². The minimum Gasteiger partial charge on any atom is -0.378 e. The number of aryl methyl sites for hydroxylation is 1. The monoisotopic (exact) mass is 344 g/mol. The first kappa shape index (κ1) is 18.3. The smallest absolute Gasteiger partial charge is 0.221 e. The van der Waals surface area contributed by atoms with E-state index in [1.807, 2.05) is 52.2 Å². The predicted molar refractivity (Wildman–Crippen MR) is 102 cm³/mol. The van der Waals surface area contributed by atoms with Gasteiger partial charge < -0.3 is 10.2 Å². The van der Waals surface area contributed by atoms with Crippen molar-refractivity contribution in [2.75, 3.05) is 19.0 Å². The van der Waals surface area contributed by atoms with Gasteiger partial charge in [0, 0.05) is 31.2 Å². The molecule has 3 nitrogen and oxygen atoms in total. The maximum Gasteiger partial charge on any atom is 0.221 e. The second-order valence-corrected chi connectivity index (χ2v) is 7.18. The third-order valence-corrected chi connectivity index (χ3v) is 4.33. The highest BCUT2D eigenvalue weighted by Gasteiger charge is 2.22. The van der Waals surface area contributed by atoms with E-state index in [-0.39, 0.29) is 5.91 Å². The van der Waals surface area contributed by atoms with Crippen LogP contribution in [0.5, 0.6) is 0 Å². The molecule has 0 saturated carbocycles. The zero-order valence-corrected chi connectivity index (χ0v) is 15.5. The fourth-order valence-electron chi connectivity index (χ4n) is 2.58. The summed E-state index contributed by atoms with van der Waals surface area (Å²) in [7, 11) is 4.03. The number of benzene rings is 2. The van der Waals surface area contributed by atoms with E-state index in [2.05, 4.69) is 34.5 Å². The normalized spacial score (nSPS) is 11.2. The van der Waals surface area contributed by atoms with Crippen LogP contribution >= 0.6 is 11.6 Å². The molecule has 0 atom stereocenters. The number of hydrogen-bond donors (Lipinski definition) is 1. The van der Waals surface area contributed by atoms with Gasteiger partial charge in [-0.25, -0.2) is 0 Å². The van der Waals surface area contributed by atoms with Gasteiger partial charge in [0.1, 0.15) is 0 Å². The number of hydrogen-bond acceptors (Lipinski definition) is 2. The lowest BCUT2D eigenvalue weighted by Crippen LogP contribution is -2.41. The van der Waals surface area contributed by atoms with Gasteiger partial charge in [0.2, 0.25) is 5.91 Å². The highest BCUT2D eigenvalue weighted by Crippen LogP contribution is 2.23. The molecule has 0 aliphatic heterocycles. The Labute approximate surface area is 149 Å². The number of nitrogens with zero attached hydrogens (tertiary/aromatic N) is 1. The van der Waals surface area contributed by atoms with Crippen LogP contribution in [0.2, 0.25) is 5.02 Å². The van der Waals surface area contributed by atoms with E-state index in [4.69, 9.17) is 11.6 Å². The van der Waals surface area contributed by atoms with Crippen LogP contribution in [0.3, 0.4) is 0 Å². The van der Waals surface area contributed by atoms with E-state index < -0.39 is 5.54 Å². The van der Waals surface area contributed by atoms with Crippen LogP contribution in [0.15, 0.2) is 48.5 Å². The van der Waals surface area contributed by atoms with Crippen LogP contribution in [-0.4, -0.2) is 20.0 Å². The standard InChI is InChI=1S/C20H25ClN2O/c1-20(2,16-6-5-7-17(21)14-16)22-19(24)13-10-15-8-11-18(12-9-15)23(3)4/h5-9,11-12,14H,10,13H2,1-4H3,(H,22,24). The van der Waals surface area contributed by atoms with Crippen LogP contribution in [0.1, 0.15) is 31.4 Å². The Hall–Kier alpha value is -2.00. The van der Waals surface area contributed by atoms with Gasteiger partial charge in [-0.3, -0.25) is 4.79 Å². The largest absolute Gasteiger partial charge is 0.378 e. The zero-order chi connectivity index (χ0) is 17.7. The Morgan fingerprint density at radius 2 is 1.79 bits per heavy atom. The second kappa shape index (κ2) is 7.71. The molecule has 0 radical (unpaired) electrons. The van der Waals surface area contributed by atoms with Crippen LogP contribution < -0.4 is 10.2 Å². The number of halogens is 1. The molecule has 2 rings (SSSR count). The van der Waals surface area contributed by atoms with E-state index in [0.29, 0.717) is 11.4 Å². The minimum atomic E-state index is -0.448. The molecule has 0 bridgehead atoms. The number of amides is 1. The summed E-state index contributed by atoms with van der Waals surface area (Å²) < 4.78 is 0. The van der Waals surface area contributed by atoms with Gasteiger partial charge >= 0.3 is 0 Å². The number of carbonyl (C=O) groups is 1. The highest BCUT2D eigenvalue weighted by atomic mass is 35.5. The lowest BCUT2D eigenvalue weighted by molar-refractivity contribution is -0.122. The summed E-state index contributed by atoms with van der Waals surface area (Å²) in [6.45, 7) is 3.98. The Morgan fingerprint density at radius 3 is 2.38 bits per heavy atom. The molecule has 0 aromatic heterocycles. The lowest BCUT2D eigenvalue weighted by Gasteiger charge is -2.27. The zero-order valence-electron chi connectivity index (χ0n) is 14.8. The van der Waals surface area contributed by atoms with Gasteiger partial charge in [0.05, 0.1) is 5.54 Å². The Balaban J connectivity index is 1.93. The van der Waals surface area contributed by atoms with Crippen molar-refractivity contribution < 1.29 is 4.79 Å². The quantitative estimate of drug-likeness (QED) is 0.842. The third kappa shape index (κ3) is 5.00. The first-order valence-electron chi connectivity index (χ1n) is 8.11. The van der Waals surface area contributed by atoms with E-state index in [1.54, 1.807) is 0 Å². The molecule has 1 N–H and O–H groups in total. The maximum atomic E-state index is 12.3. The van der Waals surface area contributed by atoms with Crippen molar-refractivity contribution in [3.05, 3.63) is 64.7 Å². The molecule has 4 heteroatoms. The van der Waals surface area contributed by atoms with Crippen molar-refractivity contribution >= 4 is 23.2 Å². The summed E-state index contributed by atoms with van der Waals surface area (Å²) in [4.78, 5) is 14.4. The van der Waals surface area contributed by atoms with Crippen LogP contribution in [0.4, 0.5) is 5.69 Å². The summed E-state index contributed by atoms with van der Waals surface area (Å²) in [5.74, 6) is 0.0386. The van der Waals surface area contributed by atoms with Gasteiger partial charge in [-0.05, 0) is 55.7 Å². The first-order valence-corrected chi connectivity index (χ1v) is 8.49. The van der Waals surface area contributed by atoms with E-state index in [9.17, 15) is 4.79 Å². The molecule has 2 aromatic carbocycles. The van der Waals surface area contributed by atoms with Gasteiger partial charge in [0.15, 0.2) is 0 Å². The van der Waals surface area contributed by atoms with Crippen LogP contribution in [-0.2, 0) is 16.8 Å². The second-order valence-electron chi connectivity index (χ2n) is 6.74. The molecule has 0 aliphatic carbocycles. The molecular formula is C20H25ClN2O. The molecule has 0 heterocycles. The Morgan fingerprint density at radius 1 is 1.12 bits per heavy atom. The Bertz CT molecular complexity index is 693. The van der Waals surface area contributed by atoms with Gasteiger partial charge in [-0.2, -0.15) is 0 Å². The number of rotatable bonds is 6. The van der Waals surface area contributed by atoms with Crippen molar-refractivity contribution in [1.29, 1.82) is 0 Å². The molecule has 0 spiro atoms. The molecular weight excluding hydrogens is 320 g/mol. The SMILES string of the molecule is CN(C)c1ccc(CCC(=O)NC(C)(C)c2cccc(Cl)c2)cc1. The first-order chi connectivity index (χ1) is 11.3. The number of anilines is 1. The molecule has 0 saturated heterocycles. The van der Waals surface area contributed by atoms with Gasteiger partial charge in [-0.1, -0.05) is 35.9 Å². The number of nitrogens with one attached hydrogen (secondary N) is 1. The average Bonchev–Trinajstić information content (AvgIpc) is 2.53. The van der Waals surface area contributed by atoms with Crippen LogP contribution in [0, 0.1) is 0 Å². The third-order valence-electron chi connectivity index (χ3n) is 4.09. The molecule has 0 unspecified atom stereocenters. The van der Waals surface area contributed by atoms with Crippen LogP contribution in [0.25, 0.3) is 0 Å².